The third-order valence-electron chi connectivity index (χ3n) is 1.92. The molecule has 5 nitrogen and oxygen atoms in total. The van der Waals surface area contributed by atoms with Gasteiger partial charge in [0, 0.05) is 0 Å². The zero-order valence-electron chi connectivity index (χ0n) is 9.22. The highest BCUT2D eigenvalue weighted by atomic mass is 19.1. The lowest BCUT2D eigenvalue weighted by Gasteiger charge is -2.14. The van der Waals surface area contributed by atoms with Crippen LogP contribution in [0.5, 0.6) is 0 Å². The van der Waals surface area contributed by atoms with Crippen molar-refractivity contribution in [3.8, 4) is 0 Å². The third kappa shape index (κ3) is 3.53. The Morgan fingerprint density at radius 3 is 2.65 bits per heavy atom. The van der Waals surface area contributed by atoms with E-state index in [1.54, 1.807) is 6.92 Å². The van der Waals surface area contributed by atoms with E-state index < -0.39 is 24.2 Å². The van der Waals surface area contributed by atoms with E-state index >= 15 is 0 Å². The highest BCUT2D eigenvalue weighted by molar-refractivity contribution is 5.95. The van der Waals surface area contributed by atoms with E-state index in [1.807, 2.05) is 0 Å². The summed E-state index contributed by atoms with van der Waals surface area (Å²) >= 11 is 0. The second-order valence-corrected chi connectivity index (χ2v) is 3.15. The molecule has 0 unspecified atom stereocenters. The molecule has 1 N–H and O–H groups in total. The van der Waals surface area contributed by atoms with Crippen LogP contribution in [0.3, 0.4) is 0 Å². The maximum absolute atomic E-state index is 13.2. The van der Waals surface area contributed by atoms with Gasteiger partial charge >= 0.3 is 5.97 Å². The quantitative estimate of drug-likeness (QED) is 0.489. The van der Waals surface area contributed by atoms with Gasteiger partial charge in [-0.05, 0) is 19.1 Å². The van der Waals surface area contributed by atoms with E-state index in [0.717, 1.165) is 6.07 Å². The molecule has 1 aromatic rings. The van der Waals surface area contributed by atoms with Gasteiger partial charge in [-0.1, -0.05) is 12.1 Å². The summed E-state index contributed by atoms with van der Waals surface area (Å²) in [7, 11) is 0. The van der Waals surface area contributed by atoms with Gasteiger partial charge in [-0.15, -0.1) is 0 Å². The second kappa shape index (κ2) is 5.95. The Hall–Kier alpha value is -1.95. The SMILES string of the molecule is CCOC(=O)CN(O)C(=O)c1ccccc1F. The van der Waals surface area contributed by atoms with Gasteiger partial charge in [0.1, 0.15) is 12.4 Å². The van der Waals surface area contributed by atoms with E-state index in [1.165, 1.54) is 18.2 Å². The molecule has 6 heteroatoms. The lowest BCUT2D eigenvalue weighted by molar-refractivity contribution is -0.152. The Balaban J connectivity index is 2.70. The molecular formula is C11H12FNO4. The molecule has 0 aliphatic carbocycles. The number of amides is 1. The van der Waals surface area contributed by atoms with Crippen LogP contribution in [-0.4, -0.2) is 35.3 Å². The Morgan fingerprint density at radius 1 is 1.41 bits per heavy atom. The molecular weight excluding hydrogens is 229 g/mol. The predicted molar refractivity (Wildman–Crippen MR) is 55.9 cm³/mol. The summed E-state index contributed by atoms with van der Waals surface area (Å²) in [6.45, 7) is 1.10. The smallest absolute Gasteiger partial charge is 0.328 e. The van der Waals surface area contributed by atoms with Gasteiger partial charge in [0.05, 0.1) is 12.2 Å². The topological polar surface area (TPSA) is 66.8 Å². The minimum absolute atomic E-state index is 0.121. The Morgan fingerprint density at radius 2 is 2.06 bits per heavy atom. The molecule has 17 heavy (non-hydrogen) atoms. The summed E-state index contributed by atoms with van der Waals surface area (Å²) in [5, 5.41) is 9.43. The fourth-order valence-electron chi connectivity index (χ4n) is 1.17. The number of hydrogen-bond donors (Lipinski definition) is 1. The average molecular weight is 241 g/mol. The number of carbonyl (C=O) groups excluding carboxylic acids is 2. The van der Waals surface area contributed by atoms with Crippen molar-refractivity contribution >= 4 is 11.9 Å². The minimum Gasteiger partial charge on any atom is -0.465 e. The molecule has 1 aromatic carbocycles. The largest absolute Gasteiger partial charge is 0.465 e. The summed E-state index contributed by atoms with van der Waals surface area (Å²) < 4.78 is 17.8. The van der Waals surface area contributed by atoms with Gasteiger partial charge in [-0.25, -0.2) is 9.45 Å². The van der Waals surface area contributed by atoms with Crippen molar-refractivity contribution in [3.05, 3.63) is 35.6 Å². The van der Waals surface area contributed by atoms with Gasteiger partial charge in [0.15, 0.2) is 0 Å². The van der Waals surface area contributed by atoms with Gasteiger partial charge in [0.2, 0.25) is 0 Å². The van der Waals surface area contributed by atoms with Crippen molar-refractivity contribution in [2.24, 2.45) is 0 Å². The normalized spacial score (nSPS) is 9.82. The lowest BCUT2D eigenvalue weighted by atomic mass is 10.2. The van der Waals surface area contributed by atoms with Crippen LogP contribution < -0.4 is 0 Å². The first-order valence-electron chi connectivity index (χ1n) is 4.97. The number of hydroxylamine groups is 2. The Labute approximate surface area is 97.4 Å². The van der Waals surface area contributed by atoms with Crippen molar-refractivity contribution in [3.63, 3.8) is 0 Å². The number of carbonyl (C=O) groups is 2. The van der Waals surface area contributed by atoms with Crippen molar-refractivity contribution in [1.29, 1.82) is 0 Å². The highest BCUT2D eigenvalue weighted by Gasteiger charge is 2.20. The molecule has 0 saturated heterocycles. The molecule has 0 aliphatic heterocycles. The van der Waals surface area contributed by atoms with Crippen LogP contribution in [0, 0.1) is 5.82 Å². The maximum Gasteiger partial charge on any atom is 0.328 e. The summed E-state index contributed by atoms with van der Waals surface area (Å²) in [5.41, 5.74) is -0.306. The molecule has 0 atom stereocenters. The number of benzene rings is 1. The second-order valence-electron chi connectivity index (χ2n) is 3.15. The van der Waals surface area contributed by atoms with Crippen LogP contribution in [0.25, 0.3) is 0 Å². The molecule has 0 bridgehead atoms. The summed E-state index contributed by atoms with van der Waals surface area (Å²) in [4.78, 5) is 22.5. The molecule has 0 heterocycles. The maximum atomic E-state index is 13.2. The first-order valence-corrected chi connectivity index (χ1v) is 4.97. The minimum atomic E-state index is -0.990. The molecule has 0 saturated carbocycles. The number of hydrogen-bond acceptors (Lipinski definition) is 4. The van der Waals surface area contributed by atoms with Crippen molar-refractivity contribution < 1.29 is 23.9 Å². The Kier molecular flexibility index (Phi) is 4.59. The molecule has 0 aromatic heterocycles. The third-order valence-corrected chi connectivity index (χ3v) is 1.92. The molecule has 1 amide bonds. The predicted octanol–water partition coefficient (Wildman–Crippen LogP) is 1.22. The van der Waals surface area contributed by atoms with Crippen molar-refractivity contribution in [2.45, 2.75) is 6.92 Å². The summed E-state index contributed by atoms with van der Waals surface area (Å²) in [5.74, 6) is -2.52. The van der Waals surface area contributed by atoms with Crippen LogP contribution >= 0.6 is 0 Å². The molecule has 0 fully saturated rings. The van der Waals surface area contributed by atoms with Crippen LogP contribution in [0.15, 0.2) is 24.3 Å². The molecule has 0 spiro atoms. The van der Waals surface area contributed by atoms with Crippen molar-refractivity contribution in [2.75, 3.05) is 13.2 Å². The van der Waals surface area contributed by atoms with Gasteiger partial charge in [-0.2, -0.15) is 0 Å². The van der Waals surface area contributed by atoms with E-state index in [0.29, 0.717) is 0 Å². The van der Waals surface area contributed by atoms with E-state index in [2.05, 4.69) is 4.74 Å². The highest BCUT2D eigenvalue weighted by Crippen LogP contribution is 2.08. The number of nitrogens with zero attached hydrogens (tertiary/aromatic N) is 1. The monoisotopic (exact) mass is 241 g/mol. The standard InChI is InChI=1S/C11H12FNO4/c1-2-17-10(14)7-13(16)11(15)8-5-3-4-6-9(8)12/h3-6,16H,2,7H2,1H3. The number of esters is 1. The first kappa shape index (κ1) is 13.1. The zero-order chi connectivity index (χ0) is 12.8. The molecule has 1 rings (SSSR count). The number of ether oxygens (including phenoxy) is 1. The summed E-state index contributed by atoms with van der Waals surface area (Å²) in [6, 6.07) is 5.17. The lowest BCUT2D eigenvalue weighted by Crippen LogP contribution is -2.34. The van der Waals surface area contributed by atoms with Crippen LogP contribution in [0.1, 0.15) is 17.3 Å². The number of halogens is 1. The molecule has 92 valence electrons. The van der Waals surface area contributed by atoms with Crippen molar-refractivity contribution in [1.82, 2.24) is 5.06 Å². The fraction of sp³-hybridized carbons (Fsp3) is 0.273. The number of rotatable bonds is 4. The van der Waals surface area contributed by atoms with E-state index in [4.69, 9.17) is 0 Å². The van der Waals surface area contributed by atoms with E-state index in [9.17, 15) is 19.2 Å². The van der Waals surface area contributed by atoms with Crippen LogP contribution in [-0.2, 0) is 9.53 Å². The van der Waals surface area contributed by atoms with Crippen LogP contribution in [0.4, 0.5) is 4.39 Å². The fourth-order valence-corrected chi connectivity index (χ4v) is 1.17. The first-order chi connectivity index (χ1) is 8.06. The van der Waals surface area contributed by atoms with Gasteiger partial charge < -0.3 is 4.74 Å². The Bertz CT molecular complexity index is 422. The average Bonchev–Trinajstić information content (AvgIpc) is 2.29. The van der Waals surface area contributed by atoms with E-state index in [-0.39, 0.29) is 17.2 Å². The van der Waals surface area contributed by atoms with Crippen LogP contribution in [0.2, 0.25) is 0 Å². The molecule has 0 aliphatic rings. The van der Waals surface area contributed by atoms with Gasteiger partial charge in [-0.3, -0.25) is 14.8 Å². The summed E-state index contributed by atoms with van der Waals surface area (Å²) in [6.07, 6.45) is 0. The zero-order valence-corrected chi connectivity index (χ0v) is 9.22. The van der Waals surface area contributed by atoms with Gasteiger partial charge in [0.25, 0.3) is 5.91 Å². The molecule has 0 radical (unpaired) electrons.